The van der Waals surface area contributed by atoms with Crippen LogP contribution >= 0.6 is 0 Å². The first-order valence-electron chi connectivity index (χ1n) is 6.49. The molecule has 94 valence electrons. The van der Waals surface area contributed by atoms with Gasteiger partial charge < -0.3 is 0 Å². The Bertz CT molecular complexity index is 612. The maximum atomic E-state index is 12.2. The molecular formula is C15H18N2O. The number of aromatic nitrogens is 2. The van der Waals surface area contributed by atoms with Gasteiger partial charge in [0.25, 0.3) is 0 Å². The van der Waals surface area contributed by atoms with Crippen LogP contribution in [0.2, 0.25) is 0 Å². The number of hydrogen-bond acceptors (Lipinski definition) is 1. The predicted molar refractivity (Wildman–Crippen MR) is 72.0 cm³/mol. The number of imidazole rings is 1. The van der Waals surface area contributed by atoms with Gasteiger partial charge in [0.1, 0.15) is 0 Å². The van der Waals surface area contributed by atoms with Gasteiger partial charge in [-0.25, -0.2) is 4.79 Å². The number of nitrogens with zero attached hydrogens (tertiary/aromatic N) is 2. The SMILES string of the molecule is Cc1cccc(C)c1Cn1ccn(C2CC2)c1=O. The van der Waals surface area contributed by atoms with Crippen molar-refractivity contribution in [2.45, 2.75) is 39.3 Å². The standard InChI is InChI=1S/C15H18N2O/c1-11-4-3-5-12(2)14(11)10-16-8-9-17(15(16)18)13-6-7-13/h3-5,8-9,13H,6-7,10H2,1-2H3. The first-order chi connectivity index (χ1) is 8.66. The Balaban J connectivity index is 1.95. The van der Waals surface area contributed by atoms with E-state index in [4.69, 9.17) is 0 Å². The van der Waals surface area contributed by atoms with Crippen LogP contribution in [0.5, 0.6) is 0 Å². The molecule has 0 amide bonds. The van der Waals surface area contributed by atoms with E-state index in [2.05, 4.69) is 32.0 Å². The van der Waals surface area contributed by atoms with E-state index in [1.807, 2.05) is 21.5 Å². The first-order valence-corrected chi connectivity index (χ1v) is 6.49. The quantitative estimate of drug-likeness (QED) is 0.813. The second-order valence-corrected chi connectivity index (χ2v) is 5.22. The number of aryl methyl sites for hydroxylation is 2. The number of hydrogen-bond donors (Lipinski definition) is 0. The molecule has 0 atom stereocenters. The monoisotopic (exact) mass is 242 g/mol. The lowest BCUT2D eigenvalue weighted by atomic mass is 10.0. The highest BCUT2D eigenvalue weighted by Crippen LogP contribution is 2.33. The summed E-state index contributed by atoms with van der Waals surface area (Å²) in [5.41, 5.74) is 3.88. The van der Waals surface area contributed by atoms with Crippen LogP contribution in [-0.4, -0.2) is 9.13 Å². The Morgan fingerprint density at radius 3 is 2.44 bits per heavy atom. The van der Waals surface area contributed by atoms with Crippen molar-refractivity contribution in [2.75, 3.05) is 0 Å². The molecule has 0 unspecified atom stereocenters. The molecule has 1 heterocycles. The molecule has 0 bridgehead atoms. The summed E-state index contributed by atoms with van der Waals surface area (Å²) in [6.07, 6.45) is 6.13. The maximum absolute atomic E-state index is 12.2. The Labute approximate surface area is 107 Å². The summed E-state index contributed by atoms with van der Waals surface area (Å²) < 4.78 is 3.68. The first kappa shape index (κ1) is 11.3. The molecule has 2 aromatic rings. The van der Waals surface area contributed by atoms with Gasteiger partial charge in [-0.2, -0.15) is 0 Å². The van der Waals surface area contributed by atoms with Crippen LogP contribution in [0.15, 0.2) is 35.4 Å². The van der Waals surface area contributed by atoms with Gasteiger partial charge in [-0.05, 0) is 43.4 Å². The topological polar surface area (TPSA) is 26.9 Å². The molecule has 0 spiro atoms. The fourth-order valence-corrected chi connectivity index (χ4v) is 2.45. The lowest BCUT2D eigenvalue weighted by Gasteiger charge is -2.09. The van der Waals surface area contributed by atoms with Gasteiger partial charge in [0.05, 0.1) is 6.54 Å². The van der Waals surface area contributed by atoms with Gasteiger partial charge in [0, 0.05) is 18.4 Å². The van der Waals surface area contributed by atoms with E-state index in [1.165, 1.54) is 16.7 Å². The zero-order chi connectivity index (χ0) is 12.7. The minimum Gasteiger partial charge on any atom is -0.296 e. The highest BCUT2D eigenvalue weighted by molar-refractivity contribution is 5.33. The van der Waals surface area contributed by atoms with Crippen LogP contribution in [0.25, 0.3) is 0 Å². The smallest absolute Gasteiger partial charge is 0.296 e. The second-order valence-electron chi connectivity index (χ2n) is 5.22. The third-order valence-corrected chi connectivity index (χ3v) is 3.79. The Morgan fingerprint density at radius 2 is 1.83 bits per heavy atom. The molecule has 1 aliphatic carbocycles. The third kappa shape index (κ3) is 1.90. The number of benzene rings is 1. The van der Waals surface area contributed by atoms with Crippen molar-refractivity contribution in [1.29, 1.82) is 0 Å². The minimum atomic E-state index is 0.125. The summed E-state index contributed by atoms with van der Waals surface area (Å²) >= 11 is 0. The molecule has 1 saturated carbocycles. The van der Waals surface area contributed by atoms with E-state index < -0.39 is 0 Å². The summed E-state index contributed by atoms with van der Waals surface area (Å²) in [5, 5.41) is 0. The van der Waals surface area contributed by atoms with Gasteiger partial charge in [0.15, 0.2) is 0 Å². The molecule has 0 N–H and O–H groups in total. The summed E-state index contributed by atoms with van der Waals surface area (Å²) in [4.78, 5) is 12.2. The van der Waals surface area contributed by atoms with E-state index in [0.29, 0.717) is 12.6 Å². The second kappa shape index (κ2) is 4.16. The molecule has 3 nitrogen and oxygen atoms in total. The fourth-order valence-electron chi connectivity index (χ4n) is 2.45. The molecule has 3 heteroatoms. The van der Waals surface area contributed by atoms with Gasteiger partial charge >= 0.3 is 5.69 Å². The highest BCUT2D eigenvalue weighted by Gasteiger charge is 2.25. The molecule has 1 aromatic heterocycles. The molecule has 1 aromatic carbocycles. The molecule has 18 heavy (non-hydrogen) atoms. The van der Waals surface area contributed by atoms with Crippen LogP contribution in [0, 0.1) is 13.8 Å². The fraction of sp³-hybridized carbons (Fsp3) is 0.400. The predicted octanol–water partition coefficient (Wildman–Crippen LogP) is 2.65. The van der Waals surface area contributed by atoms with Crippen molar-refractivity contribution in [2.24, 2.45) is 0 Å². The zero-order valence-corrected chi connectivity index (χ0v) is 10.9. The van der Waals surface area contributed by atoms with Gasteiger partial charge in [-0.1, -0.05) is 18.2 Å². The van der Waals surface area contributed by atoms with Gasteiger partial charge in [0.2, 0.25) is 0 Å². The van der Waals surface area contributed by atoms with Crippen molar-refractivity contribution < 1.29 is 0 Å². The van der Waals surface area contributed by atoms with E-state index in [0.717, 1.165) is 12.8 Å². The third-order valence-electron chi connectivity index (χ3n) is 3.79. The number of rotatable bonds is 3. The lowest BCUT2D eigenvalue weighted by Crippen LogP contribution is -2.24. The average molecular weight is 242 g/mol. The Kier molecular flexibility index (Phi) is 2.62. The van der Waals surface area contributed by atoms with E-state index in [9.17, 15) is 4.79 Å². The van der Waals surface area contributed by atoms with Crippen LogP contribution in [0.1, 0.15) is 35.6 Å². The molecule has 0 aliphatic heterocycles. The largest absolute Gasteiger partial charge is 0.328 e. The van der Waals surface area contributed by atoms with E-state index in [1.54, 1.807) is 0 Å². The van der Waals surface area contributed by atoms with Crippen LogP contribution in [-0.2, 0) is 6.54 Å². The van der Waals surface area contributed by atoms with Gasteiger partial charge in [-0.3, -0.25) is 9.13 Å². The van der Waals surface area contributed by atoms with Crippen molar-refractivity contribution >= 4 is 0 Å². The molecule has 0 saturated heterocycles. The van der Waals surface area contributed by atoms with E-state index >= 15 is 0 Å². The molecular weight excluding hydrogens is 224 g/mol. The maximum Gasteiger partial charge on any atom is 0.328 e. The van der Waals surface area contributed by atoms with Crippen LogP contribution < -0.4 is 5.69 Å². The zero-order valence-electron chi connectivity index (χ0n) is 10.9. The normalized spacial score (nSPS) is 15.0. The average Bonchev–Trinajstić information content (AvgIpc) is 3.11. The molecule has 1 aliphatic rings. The lowest BCUT2D eigenvalue weighted by molar-refractivity contribution is 0.654. The molecule has 0 radical (unpaired) electrons. The molecule has 3 rings (SSSR count). The minimum absolute atomic E-state index is 0.125. The van der Waals surface area contributed by atoms with Crippen LogP contribution in [0.4, 0.5) is 0 Å². The van der Waals surface area contributed by atoms with E-state index in [-0.39, 0.29) is 5.69 Å². The Morgan fingerprint density at radius 1 is 1.17 bits per heavy atom. The van der Waals surface area contributed by atoms with Crippen molar-refractivity contribution in [3.63, 3.8) is 0 Å². The van der Waals surface area contributed by atoms with Crippen molar-refractivity contribution in [3.05, 3.63) is 57.8 Å². The van der Waals surface area contributed by atoms with Crippen LogP contribution in [0.3, 0.4) is 0 Å². The van der Waals surface area contributed by atoms with Crippen molar-refractivity contribution in [1.82, 2.24) is 9.13 Å². The highest BCUT2D eigenvalue weighted by atomic mass is 16.1. The Hall–Kier alpha value is -1.77. The summed E-state index contributed by atoms with van der Waals surface area (Å²) in [7, 11) is 0. The molecule has 1 fully saturated rings. The van der Waals surface area contributed by atoms with Gasteiger partial charge in [-0.15, -0.1) is 0 Å². The summed E-state index contributed by atoms with van der Waals surface area (Å²) in [5.74, 6) is 0. The summed E-state index contributed by atoms with van der Waals surface area (Å²) in [6, 6.07) is 6.72. The summed E-state index contributed by atoms with van der Waals surface area (Å²) in [6.45, 7) is 4.88. The van der Waals surface area contributed by atoms with Crippen molar-refractivity contribution in [3.8, 4) is 0 Å².